The Kier molecular flexibility index (Phi) is 20.3. The van der Waals surface area contributed by atoms with Crippen molar-refractivity contribution in [3.8, 4) is 35.1 Å². The summed E-state index contributed by atoms with van der Waals surface area (Å²) in [6.45, 7) is 7.38. The van der Waals surface area contributed by atoms with Crippen LogP contribution in [0.25, 0.3) is 0 Å². The first-order valence-corrected chi connectivity index (χ1v) is 18.9. The zero-order chi connectivity index (χ0) is 42.1. The number of carbonyl (C=O) groups is 4. The van der Waals surface area contributed by atoms with Crippen LogP contribution < -0.4 is 18.9 Å². The van der Waals surface area contributed by atoms with Crippen molar-refractivity contribution in [1.29, 1.82) is 10.5 Å². The van der Waals surface area contributed by atoms with Gasteiger partial charge < -0.3 is 38.6 Å². The molecule has 0 saturated heterocycles. The van der Waals surface area contributed by atoms with Gasteiger partial charge in [-0.25, -0.2) is 19.2 Å². The van der Waals surface area contributed by atoms with E-state index in [0.29, 0.717) is 37.6 Å². The second kappa shape index (κ2) is 25.6. The zero-order valence-electron chi connectivity index (χ0n) is 32.3. The van der Waals surface area contributed by atoms with Crippen LogP contribution in [0.3, 0.4) is 0 Å². The van der Waals surface area contributed by atoms with Gasteiger partial charge in [0.15, 0.2) is 11.5 Å². The number of hydrogen-bond acceptors (Lipinski definition) is 14. The van der Waals surface area contributed by atoms with Gasteiger partial charge in [0, 0.05) is 12.2 Å². The van der Waals surface area contributed by atoms with Crippen molar-refractivity contribution in [3.05, 3.63) is 108 Å². The number of aliphatic hydroxyl groups excluding tert-OH is 2. The second-order valence-corrected chi connectivity index (χ2v) is 12.9. The van der Waals surface area contributed by atoms with Gasteiger partial charge in [-0.3, -0.25) is 0 Å². The lowest BCUT2D eigenvalue weighted by molar-refractivity contribution is -0.141. The van der Waals surface area contributed by atoms with Crippen molar-refractivity contribution in [1.82, 2.24) is 0 Å². The lowest BCUT2D eigenvalue weighted by Gasteiger charge is -2.12. The van der Waals surface area contributed by atoms with Crippen LogP contribution >= 0.6 is 0 Å². The van der Waals surface area contributed by atoms with E-state index in [1.165, 1.54) is 36.4 Å². The van der Waals surface area contributed by atoms with Gasteiger partial charge in [-0.15, -0.1) is 0 Å². The maximum atomic E-state index is 12.9. The Morgan fingerprint density at radius 3 is 1.28 bits per heavy atom. The number of hydrogen-bond donors (Lipinski definition) is 2. The SMILES string of the molecule is C=CC(=O)OCC(O)CCCCCCOc1ccc(C(=O)Oc2ccc(OC(=O)c3ccc(OCCCCCCC(O)COC(=O)C=C)cc3)c(C#N)c2C#N)cc1. The number of benzene rings is 3. The number of unbranched alkanes of at least 4 members (excludes halogenated alkanes) is 6. The normalized spacial score (nSPS) is 11.4. The third kappa shape index (κ3) is 16.3. The molecule has 58 heavy (non-hydrogen) atoms. The third-order valence-electron chi connectivity index (χ3n) is 8.51. The van der Waals surface area contributed by atoms with Crippen LogP contribution in [0.2, 0.25) is 0 Å². The lowest BCUT2D eigenvalue weighted by Crippen LogP contribution is -2.17. The van der Waals surface area contributed by atoms with Crippen LogP contribution in [0.15, 0.2) is 86.0 Å². The van der Waals surface area contributed by atoms with E-state index in [4.69, 9.17) is 28.4 Å². The number of carbonyl (C=O) groups excluding carboxylic acids is 4. The highest BCUT2D eigenvalue weighted by atomic mass is 16.6. The average molecular weight is 797 g/mol. The monoisotopic (exact) mass is 796 g/mol. The maximum absolute atomic E-state index is 12.9. The smallest absolute Gasteiger partial charge is 0.343 e. The van der Waals surface area contributed by atoms with E-state index in [2.05, 4.69) is 13.2 Å². The fourth-order valence-corrected chi connectivity index (χ4v) is 5.34. The molecule has 0 aromatic heterocycles. The molecular formula is C44H48N2O12. The minimum absolute atomic E-state index is 0.0585. The van der Waals surface area contributed by atoms with Crippen LogP contribution in [0.1, 0.15) is 96.1 Å². The Bertz CT molecular complexity index is 1770. The Hall–Kier alpha value is -6.48. The highest BCUT2D eigenvalue weighted by Gasteiger charge is 2.21. The Morgan fingerprint density at radius 2 is 0.931 bits per heavy atom. The van der Waals surface area contributed by atoms with Crippen molar-refractivity contribution in [3.63, 3.8) is 0 Å². The predicted molar refractivity (Wildman–Crippen MR) is 210 cm³/mol. The van der Waals surface area contributed by atoms with E-state index < -0.39 is 36.1 Å². The molecule has 14 heteroatoms. The van der Waals surface area contributed by atoms with Gasteiger partial charge in [-0.1, -0.05) is 51.7 Å². The van der Waals surface area contributed by atoms with Crippen LogP contribution in [0.4, 0.5) is 0 Å². The standard InChI is InChI=1S/C44H48N2O12/c1-3-41(49)55-29-33(47)13-9-5-7-11-25-53-35-19-15-31(16-20-35)43(51)57-39-23-24-40(38(28-46)37(39)27-45)58-44(52)32-17-21-36(22-18-32)54-26-12-8-6-10-14-34(48)30-56-42(50)4-2/h3-4,15-24,33-34,47-48H,1-2,5-14,25-26,29-30H2. The highest BCUT2D eigenvalue weighted by molar-refractivity contribution is 5.93. The van der Waals surface area contributed by atoms with E-state index in [1.807, 2.05) is 12.1 Å². The first-order chi connectivity index (χ1) is 28.1. The number of nitrogens with zero attached hydrogens (tertiary/aromatic N) is 2. The molecule has 0 aliphatic rings. The predicted octanol–water partition coefficient (Wildman–Crippen LogP) is 6.71. The summed E-state index contributed by atoms with van der Waals surface area (Å²) in [4.78, 5) is 48.0. The van der Waals surface area contributed by atoms with Gasteiger partial charge in [0.25, 0.3) is 0 Å². The minimum atomic E-state index is -0.777. The molecule has 3 aromatic rings. The summed E-state index contributed by atoms with van der Waals surface area (Å²) in [5, 5.41) is 39.4. The topological polar surface area (TPSA) is 212 Å². The molecule has 0 fully saturated rings. The summed E-state index contributed by atoms with van der Waals surface area (Å²) < 4.78 is 32.0. The largest absolute Gasteiger partial charge is 0.494 e. The van der Waals surface area contributed by atoms with E-state index in [1.54, 1.807) is 24.3 Å². The molecule has 2 atom stereocenters. The van der Waals surface area contributed by atoms with E-state index in [9.17, 15) is 39.9 Å². The molecule has 0 amide bonds. The molecule has 0 radical (unpaired) electrons. The molecule has 14 nitrogen and oxygen atoms in total. The molecule has 306 valence electrons. The molecular weight excluding hydrogens is 748 g/mol. The van der Waals surface area contributed by atoms with Crippen molar-refractivity contribution in [2.45, 2.75) is 76.4 Å². The van der Waals surface area contributed by atoms with E-state index >= 15 is 0 Å². The highest BCUT2D eigenvalue weighted by Crippen LogP contribution is 2.31. The number of nitriles is 2. The first-order valence-electron chi connectivity index (χ1n) is 18.9. The third-order valence-corrected chi connectivity index (χ3v) is 8.51. The van der Waals surface area contributed by atoms with Gasteiger partial charge in [0.05, 0.1) is 36.5 Å². The molecule has 2 unspecified atom stereocenters. The minimum Gasteiger partial charge on any atom is -0.494 e. The number of rotatable bonds is 26. The van der Waals surface area contributed by atoms with Crippen LogP contribution in [0, 0.1) is 22.7 Å². The Balaban J connectivity index is 1.42. The summed E-state index contributed by atoms with van der Waals surface area (Å²) in [6, 6.07) is 18.7. The number of aliphatic hydroxyl groups is 2. The molecule has 0 heterocycles. The van der Waals surface area contributed by atoms with Gasteiger partial charge in [-0.05, 0) is 86.3 Å². The molecule has 0 saturated carbocycles. The van der Waals surface area contributed by atoms with Gasteiger partial charge in [-0.2, -0.15) is 10.5 Å². The molecule has 3 aromatic carbocycles. The molecule has 0 aliphatic heterocycles. The van der Waals surface area contributed by atoms with Gasteiger partial charge in [0.1, 0.15) is 48.0 Å². The lowest BCUT2D eigenvalue weighted by atomic mass is 10.1. The number of esters is 4. The molecule has 0 bridgehead atoms. The van der Waals surface area contributed by atoms with E-state index in [-0.39, 0.29) is 47.0 Å². The molecule has 3 rings (SSSR count). The quantitative estimate of drug-likeness (QED) is 0.0374. The summed E-state index contributed by atoms with van der Waals surface area (Å²) in [5.74, 6) is -1.97. The van der Waals surface area contributed by atoms with Gasteiger partial charge in [0.2, 0.25) is 0 Å². The van der Waals surface area contributed by atoms with Gasteiger partial charge >= 0.3 is 23.9 Å². The van der Waals surface area contributed by atoms with Crippen molar-refractivity contribution >= 4 is 23.9 Å². The zero-order valence-corrected chi connectivity index (χ0v) is 32.3. The molecule has 2 N–H and O–H groups in total. The van der Waals surface area contributed by atoms with Crippen molar-refractivity contribution in [2.75, 3.05) is 26.4 Å². The fraction of sp³-hybridized carbons (Fsp3) is 0.364. The average Bonchev–Trinajstić information content (AvgIpc) is 3.24. The van der Waals surface area contributed by atoms with Crippen LogP contribution in [-0.2, 0) is 19.1 Å². The summed E-state index contributed by atoms with van der Waals surface area (Å²) in [7, 11) is 0. The van der Waals surface area contributed by atoms with E-state index in [0.717, 1.165) is 63.5 Å². The maximum Gasteiger partial charge on any atom is 0.343 e. The Labute approximate surface area is 337 Å². The summed E-state index contributed by atoms with van der Waals surface area (Å²) >= 11 is 0. The number of ether oxygens (including phenoxy) is 6. The summed E-state index contributed by atoms with van der Waals surface area (Å²) in [6.07, 6.45) is 8.25. The fourth-order valence-electron chi connectivity index (χ4n) is 5.34. The van der Waals surface area contributed by atoms with Crippen molar-refractivity contribution < 1.29 is 57.8 Å². The first kappa shape index (κ1) is 45.9. The molecule has 0 spiro atoms. The molecule has 0 aliphatic carbocycles. The Morgan fingerprint density at radius 1 is 0.569 bits per heavy atom. The van der Waals surface area contributed by atoms with Crippen LogP contribution in [0.5, 0.6) is 23.0 Å². The van der Waals surface area contributed by atoms with Crippen molar-refractivity contribution in [2.24, 2.45) is 0 Å². The summed E-state index contributed by atoms with van der Waals surface area (Å²) in [5.41, 5.74) is -0.206. The second-order valence-electron chi connectivity index (χ2n) is 12.9. The van der Waals surface area contributed by atoms with Crippen LogP contribution in [-0.4, -0.2) is 72.7 Å².